The molecule has 0 radical (unpaired) electrons. The average Bonchev–Trinajstić information content (AvgIpc) is 2.80. The average molecular weight is 328 g/mol. The molecule has 2 N–H and O–H groups in total. The van der Waals surface area contributed by atoms with E-state index in [1.807, 2.05) is 69.8 Å². The summed E-state index contributed by atoms with van der Waals surface area (Å²) in [7, 11) is 1.92. The SMILES string of the molecule is CC[C@](C)(NC(=O)N[C@@H](C)c1c(C)nn(C)c1C)c1ccccc1. The lowest BCUT2D eigenvalue weighted by Crippen LogP contribution is -2.48. The standard InChI is InChI=1S/C19H28N4O/c1-7-19(5,16-11-9-8-10-12-16)21-18(24)20-13(2)17-14(3)22-23(6)15(17)4/h8-13H,7H2,1-6H3,(H2,20,21,24)/t13-,19-/m0/s1. The van der Waals surface area contributed by atoms with Gasteiger partial charge < -0.3 is 10.6 Å². The van der Waals surface area contributed by atoms with Gasteiger partial charge in [-0.1, -0.05) is 37.3 Å². The second kappa shape index (κ2) is 7.07. The Morgan fingerprint density at radius 2 is 1.92 bits per heavy atom. The van der Waals surface area contributed by atoms with E-state index in [-0.39, 0.29) is 12.1 Å². The van der Waals surface area contributed by atoms with Gasteiger partial charge in [-0.3, -0.25) is 4.68 Å². The largest absolute Gasteiger partial charge is 0.331 e. The van der Waals surface area contributed by atoms with E-state index in [4.69, 9.17) is 0 Å². The Kier molecular flexibility index (Phi) is 5.32. The van der Waals surface area contributed by atoms with E-state index in [2.05, 4.69) is 22.7 Å². The lowest BCUT2D eigenvalue weighted by Gasteiger charge is -2.31. The van der Waals surface area contributed by atoms with Gasteiger partial charge in [0.15, 0.2) is 0 Å². The normalized spacial score (nSPS) is 14.8. The van der Waals surface area contributed by atoms with Crippen LogP contribution in [0.5, 0.6) is 0 Å². The maximum absolute atomic E-state index is 12.6. The number of aromatic nitrogens is 2. The number of benzene rings is 1. The Bertz CT molecular complexity index is 708. The summed E-state index contributed by atoms with van der Waals surface area (Å²) in [5, 5.41) is 10.6. The van der Waals surface area contributed by atoms with Crippen LogP contribution in [0.25, 0.3) is 0 Å². The summed E-state index contributed by atoms with van der Waals surface area (Å²) in [6, 6.07) is 9.79. The summed E-state index contributed by atoms with van der Waals surface area (Å²) < 4.78 is 1.85. The third-order valence-electron chi connectivity index (χ3n) is 4.85. The van der Waals surface area contributed by atoms with E-state index < -0.39 is 5.54 Å². The van der Waals surface area contributed by atoms with Crippen LogP contribution in [0.2, 0.25) is 0 Å². The van der Waals surface area contributed by atoms with Crippen LogP contribution in [-0.2, 0) is 12.6 Å². The Balaban J connectivity index is 2.12. The molecule has 0 bridgehead atoms. The Hall–Kier alpha value is -2.30. The van der Waals surface area contributed by atoms with E-state index in [1.165, 1.54) is 0 Å². The van der Waals surface area contributed by atoms with Crippen molar-refractivity contribution in [2.45, 2.75) is 52.6 Å². The fourth-order valence-corrected chi connectivity index (χ4v) is 3.14. The minimum atomic E-state index is -0.399. The summed E-state index contributed by atoms with van der Waals surface area (Å²) in [6.45, 7) is 10.1. The zero-order valence-corrected chi connectivity index (χ0v) is 15.5. The van der Waals surface area contributed by atoms with Crippen LogP contribution in [0, 0.1) is 13.8 Å². The molecular weight excluding hydrogens is 300 g/mol. The van der Waals surface area contributed by atoms with E-state index in [9.17, 15) is 4.79 Å². The second-order valence-corrected chi connectivity index (χ2v) is 6.58. The van der Waals surface area contributed by atoms with E-state index >= 15 is 0 Å². The summed E-state index contributed by atoms with van der Waals surface area (Å²) in [4.78, 5) is 12.6. The highest BCUT2D eigenvalue weighted by atomic mass is 16.2. The predicted octanol–water partition coefficient (Wildman–Crippen LogP) is 3.72. The molecular formula is C19H28N4O. The molecule has 0 aliphatic carbocycles. The van der Waals surface area contributed by atoms with Crippen LogP contribution >= 0.6 is 0 Å². The van der Waals surface area contributed by atoms with Crippen molar-refractivity contribution in [2.75, 3.05) is 0 Å². The number of hydrogen-bond donors (Lipinski definition) is 2. The summed E-state index contributed by atoms with van der Waals surface area (Å²) in [5.74, 6) is 0. The highest BCUT2D eigenvalue weighted by molar-refractivity contribution is 5.75. The van der Waals surface area contributed by atoms with Gasteiger partial charge in [0.1, 0.15) is 0 Å². The van der Waals surface area contributed by atoms with Crippen LogP contribution in [0.1, 0.15) is 55.7 Å². The first kappa shape index (κ1) is 18.0. The van der Waals surface area contributed by atoms with Crippen molar-refractivity contribution in [3.8, 4) is 0 Å². The molecule has 2 atom stereocenters. The smallest absolute Gasteiger partial charge is 0.315 e. The molecule has 0 saturated heterocycles. The third-order valence-corrected chi connectivity index (χ3v) is 4.85. The highest BCUT2D eigenvalue weighted by Gasteiger charge is 2.27. The number of rotatable bonds is 5. The maximum atomic E-state index is 12.6. The molecule has 24 heavy (non-hydrogen) atoms. The van der Waals surface area contributed by atoms with Gasteiger partial charge in [0.25, 0.3) is 0 Å². The van der Waals surface area contributed by atoms with Crippen molar-refractivity contribution in [1.82, 2.24) is 20.4 Å². The second-order valence-electron chi connectivity index (χ2n) is 6.58. The third kappa shape index (κ3) is 3.61. The topological polar surface area (TPSA) is 59.0 Å². The van der Waals surface area contributed by atoms with Crippen LogP contribution in [0.15, 0.2) is 30.3 Å². The number of carbonyl (C=O) groups is 1. The fourth-order valence-electron chi connectivity index (χ4n) is 3.14. The van der Waals surface area contributed by atoms with Crippen molar-refractivity contribution < 1.29 is 4.79 Å². The van der Waals surface area contributed by atoms with Crippen molar-refractivity contribution in [3.63, 3.8) is 0 Å². The first-order valence-corrected chi connectivity index (χ1v) is 8.42. The number of hydrogen-bond acceptors (Lipinski definition) is 2. The van der Waals surface area contributed by atoms with Crippen LogP contribution in [0.4, 0.5) is 4.79 Å². The van der Waals surface area contributed by atoms with E-state index in [1.54, 1.807) is 0 Å². The molecule has 2 rings (SSSR count). The van der Waals surface area contributed by atoms with Gasteiger partial charge in [0.2, 0.25) is 0 Å². The van der Waals surface area contributed by atoms with Gasteiger partial charge in [-0.05, 0) is 39.7 Å². The molecule has 0 fully saturated rings. The first-order chi connectivity index (χ1) is 11.3. The van der Waals surface area contributed by atoms with Crippen molar-refractivity contribution >= 4 is 6.03 Å². The van der Waals surface area contributed by atoms with Crippen LogP contribution < -0.4 is 10.6 Å². The molecule has 2 amide bonds. The highest BCUT2D eigenvalue weighted by Crippen LogP contribution is 2.25. The van der Waals surface area contributed by atoms with Gasteiger partial charge >= 0.3 is 6.03 Å². The number of carbonyl (C=O) groups excluding carboxylic acids is 1. The van der Waals surface area contributed by atoms with Gasteiger partial charge in [-0.25, -0.2) is 4.79 Å². The van der Waals surface area contributed by atoms with E-state index in [0.717, 1.165) is 28.9 Å². The number of urea groups is 1. The fraction of sp³-hybridized carbons (Fsp3) is 0.474. The van der Waals surface area contributed by atoms with Gasteiger partial charge in [0.05, 0.1) is 17.3 Å². The Morgan fingerprint density at radius 1 is 1.29 bits per heavy atom. The summed E-state index contributed by atoms with van der Waals surface area (Å²) >= 11 is 0. The lowest BCUT2D eigenvalue weighted by molar-refractivity contribution is 0.223. The molecule has 1 aromatic carbocycles. The first-order valence-electron chi connectivity index (χ1n) is 8.42. The lowest BCUT2D eigenvalue weighted by atomic mass is 9.89. The quantitative estimate of drug-likeness (QED) is 0.879. The Morgan fingerprint density at radius 3 is 2.42 bits per heavy atom. The molecule has 0 aliphatic heterocycles. The zero-order chi connectivity index (χ0) is 17.9. The van der Waals surface area contributed by atoms with Gasteiger partial charge in [-0.15, -0.1) is 0 Å². The molecule has 1 heterocycles. The minimum Gasteiger partial charge on any atom is -0.331 e. The van der Waals surface area contributed by atoms with Crippen molar-refractivity contribution in [1.29, 1.82) is 0 Å². The van der Waals surface area contributed by atoms with E-state index in [0.29, 0.717) is 0 Å². The molecule has 2 aromatic rings. The van der Waals surface area contributed by atoms with Crippen LogP contribution in [0.3, 0.4) is 0 Å². The molecule has 0 unspecified atom stereocenters. The van der Waals surface area contributed by atoms with Gasteiger partial charge in [0, 0.05) is 18.3 Å². The minimum absolute atomic E-state index is 0.101. The number of aryl methyl sites for hydroxylation is 2. The molecule has 1 aromatic heterocycles. The molecule has 130 valence electrons. The molecule has 0 aliphatic rings. The van der Waals surface area contributed by atoms with Crippen molar-refractivity contribution in [3.05, 3.63) is 52.8 Å². The van der Waals surface area contributed by atoms with Gasteiger partial charge in [-0.2, -0.15) is 5.10 Å². The van der Waals surface area contributed by atoms with Crippen LogP contribution in [-0.4, -0.2) is 15.8 Å². The summed E-state index contributed by atoms with van der Waals surface area (Å²) in [5.41, 5.74) is 3.80. The number of nitrogens with one attached hydrogen (secondary N) is 2. The summed E-state index contributed by atoms with van der Waals surface area (Å²) in [6.07, 6.45) is 0.809. The predicted molar refractivity (Wildman–Crippen MR) is 96.8 cm³/mol. The molecule has 5 nitrogen and oxygen atoms in total. The Labute approximate surface area is 144 Å². The molecule has 5 heteroatoms. The monoisotopic (exact) mass is 328 g/mol. The number of nitrogens with zero attached hydrogens (tertiary/aromatic N) is 2. The zero-order valence-electron chi connectivity index (χ0n) is 15.5. The number of amides is 2. The molecule has 0 spiro atoms. The van der Waals surface area contributed by atoms with Crippen molar-refractivity contribution in [2.24, 2.45) is 7.05 Å². The maximum Gasteiger partial charge on any atom is 0.315 e. The molecule has 0 saturated carbocycles.